The number of hydrogen-bond donors (Lipinski definition) is 1. The molecule has 0 bridgehead atoms. The predicted molar refractivity (Wildman–Crippen MR) is 119 cm³/mol. The average Bonchev–Trinajstić information content (AvgIpc) is 3.28. The number of rotatable bonds is 3. The van der Waals surface area contributed by atoms with Gasteiger partial charge in [0.2, 0.25) is 0 Å². The minimum absolute atomic E-state index is 0.129. The molecule has 1 N–H and O–H groups in total. The summed E-state index contributed by atoms with van der Waals surface area (Å²) in [5.41, 5.74) is -0.474. The third-order valence-electron chi connectivity index (χ3n) is 6.03. The average molecular weight is 438 g/mol. The van der Waals surface area contributed by atoms with E-state index in [1.54, 1.807) is 7.05 Å². The zero-order valence-corrected chi connectivity index (χ0v) is 19.6. The molecule has 3 fully saturated rings. The van der Waals surface area contributed by atoms with Crippen LogP contribution in [-0.4, -0.2) is 104 Å². The molecule has 3 saturated heterocycles. The lowest BCUT2D eigenvalue weighted by Crippen LogP contribution is -2.56. The fourth-order valence-corrected chi connectivity index (χ4v) is 4.41. The molecule has 176 valence electrons. The van der Waals surface area contributed by atoms with Gasteiger partial charge in [-0.15, -0.1) is 0 Å². The molecule has 31 heavy (non-hydrogen) atoms. The third-order valence-corrected chi connectivity index (χ3v) is 6.03. The summed E-state index contributed by atoms with van der Waals surface area (Å²) in [5.74, 6) is 1.35. The Labute approximate surface area is 186 Å². The number of guanidine groups is 1. The lowest BCUT2D eigenvalue weighted by atomic mass is 9.98. The van der Waals surface area contributed by atoms with E-state index in [0.717, 1.165) is 57.8 Å². The van der Waals surface area contributed by atoms with Crippen LogP contribution in [0.4, 0.5) is 4.79 Å². The predicted octanol–water partition coefficient (Wildman–Crippen LogP) is 1.53. The van der Waals surface area contributed by atoms with Gasteiger partial charge in [-0.25, -0.2) is 4.79 Å². The van der Waals surface area contributed by atoms with Gasteiger partial charge in [-0.2, -0.15) is 0 Å². The number of piperazine rings is 1. The first-order chi connectivity index (χ1) is 14.8. The highest BCUT2D eigenvalue weighted by molar-refractivity contribution is 5.82. The van der Waals surface area contributed by atoms with Gasteiger partial charge in [-0.3, -0.25) is 9.79 Å². The summed E-state index contributed by atoms with van der Waals surface area (Å²) < 4.78 is 11.1. The zero-order chi connectivity index (χ0) is 22.4. The molecule has 3 aliphatic heterocycles. The van der Waals surface area contributed by atoms with Gasteiger partial charge in [0.05, 0.1) is 0 Å². The van der Waals surface area contributed by atoms with Gasteiger partial charge in [0, 0.05) is 59.5 Å². The van der Waals surface area contributed by atoms with Crippen molar-refractivity contribution in [2.75, 3.05) is 59.5 Å². The number of hydrogen-bond acceptors (Lipinski definition) is 5. The van der Waals surface area contributed by atoms with Crippen LogP contribution in [-0.2, 0) is 14.3 Å². The van der Waals surface area contributed by atoms with Gasteiger partial charge >= 0.3 is 6.09 Å². The molecule has 0 aromatic heterocycles. The fourth-order valence-electron chi connectivity index (χ4n) is 4.41. The summed E-state index contributed by atoms with van der Waals surface area (Å²) in [6, 6.07) is 0. The molecular formula is C22H39N5O4. The number of likely N-dealkylation sites (tertiary alicyclic amines) is 1. The zero-order valence-electron chi connectivity index (χ0n) is 19.6. The minimum Gasteiger partial charge on any atom is -0.444 e. The Bertz CT molecular complexity index is 649. The third kappa shape index (κ3) is 6.72. The molecular weight excluding hydrogens is 398 g/mol. The summed E-state index contributed by atoms with van der Waals surface area (Å²) in [6.07, 6.45) is 3.39. The molecule has 9 heteroatoms. The molecule has 2 atom stereocenters. The van der Waals surface area contributed by atoms with Crippen LogP contribution in [0.2, 0.25) is 0 Å². The number of carbonyl (C=O) groups excluding carboxylic acids is 2. The van der Waals surface area contributed by atoms with Crippen molar-refractivity contribution in [3.8, 4) is 0 Å². The van der Waals surface area contributed by atoms with E-state index in [-0.39, 0.29) is 18.1 Å². The molecule has 0 aromatic rings. The highest BCUT2D eigenvalue weighted by Gasteiger charge is 2.31. The number of amides is 2. The van der Waals surface area contributed by atoms with Crippen LogP contribution < -0.4 is 5.32 Å². The summed E-state index contributed by atoms with van der Waals surface area (Å²) in [7, 11) is 1.79. The van der Waals surface area contributed by atoms with Crippen LogP contribution in [0.3, 0.4) is 0 Å². The Hall–Kier alpha value is -2.03. The Morgan fingerprint density at radius 1 is 1.03 bits per heavy atom. The topological polar surface area (TPSA) is 86.7 Å². The van der Waals surface area contributed by atoms with E-state index < -0.39 is 5.60 Å². The highest BCUT2D eigenvalue weighted by Crippen LogP contribution is 2.19. The molecule has 3 heterocycles. The smallest absolute Gasteiger partial charge is 0.410 e. The Morgan fingerprint density at radius 2 is 1.74 bits per heavy atom. The maximum atomic E-state index is 12.5. The molecule has 2 unspecified atom stereocenters. The lowest BCUT2D eigenvalue weighted by Gasteiger charge is -2.38. The Kier molecular flexibility index (Phi) is 8.02. The molecule has 0 aliphatic carbocycles. The molecule has 0 saturated carbocycles. The normalized spacial score (nSPS) is 25.5. The first-order valence-electron chi connectivity index (χ1n) is 11.6. The molecule has 3 aliphatic rings. The van der Waals surface area contributed by atoms with Gasteiger partial charge in [-0.05, 0) is 52.4 Å². The maximum Gasteiger partial charge on any atom is 0.410 e. The molecule has 9 nitrogen and oxygen atoms in total. The molecule has 2 amide bonds. The van der Waals surface area contributed by atoms with Crippen LogP contribution in [0.5, 0.6) is 0 Å². The van der Waals surface area contributed by atoms with E-state index in [1.807, 2.05) is 30.6 Å². The molecule has 3 rings (SSSR count). The van der Waals surface area contributed by atoms with Crippen molar-refractivity contribution < 1.29 is 19.1 Å². The maximum absolute atomic E-state index is 12.5. The second-order valence-corrected chi connectivity index (χ2v) is 9.68. The van der Waals surface area contributed by atoms with E-state index in [1.165, 1.54) is 0 Å². The standard InChI is InChI=1S/C22H39N5O4/c1-22(2,3)31-21(29)27-9-5-7-17(16-27)15-24-20(23-4)26-12-10-25(11-13-26)19(28)18-8-6-14-30-18/h17-18H,5-16H2,1-4H3,(H,23,24). The van der Waals surface area contributed by atoms with Crippen LogP contribution >= 0.6 is 0 Å². The first kappa shape index (κ1) is 23.6. The lowest BCUT2D eigenvalue weighted by molar-refractivity contribution is -0.142. The Balaban J connectivity index is 1.43. The first-order valence-corrected chi connectivity index (χ1v) is 11.6. The van der Waals surface area contributed by atoms with Gasteiger partial charge in [0.1, 0.15) is 11.7 Å². The quantitative estimate of drug-likeness (QED) is 0.532. The van der Waals surface area contributed by atoms with E-state index in [2.05, 4.69) is 15.2 Å². The van der Waals surface area contributed by atoms with E-state index in [4.69, 9.17) is 9.47 Å². The highest BCUT2D eigenvalue weighted by atomic mass is 16.6. The summed E-state index contributed by atoms with van der Waals surface area (Å²) in [5, 5.41) is 3.48. The van der Waals surface area contributed by atoms with Gasteiger partial charge in [0.15, 0.2) is 5.96 Å². The summed E-state index contributed by atoms with van der Waals surface area (Å²) in [6.45, 7) is 11.5. The van der Waals surface area contributed by atoms with Crippen molar-refractivity contribution in [1.29, 1.82) is 0 Å². The summed E-state index contributed by atoms with van der Waals surface area (Å²) >= 11 is 0. The number of nitrogens with zero attached hydrogens (tertiary/aromatic N) is 4. The minimum atomic E-state index is -0.474. The fraction of sp³-hybridized carbons (Fsp3) is 0.864. The molecule has 0 aromatic carbocycles. The van der Waals surface area contributed by atoms with Crippen LogP contribution in [0.1, 0.15) is 46.5 Å². The molecule has 0 spiro atoms. The Morgan fingerprint density at radius 3 is 2.35 bits per heavy atom. The van der Waals surface area contributed by atoms with Crippen molar-refractivity contribution >= 4 is 18.0 Å². The van der Waals surface area contributed by atoms with Gasteiger partial charge < -0.3 is 29.5 Å². The van der Waals surface area contributed by atoms with Gasteiger partial charge in [0.25, 0.3) is 5.91 Å². The monoisotopic (exact) mass is 437 g/mol. The van der Waals surface area contributed by atoms with Crippen LogP contribution in [0, 0.1) is 5.92 Å². The van der Waals surface area contributed by atoms with Crippen molar-refractivity contribution in [2.24, 2.45) is 10.9 Å². The largest absolute Gasteiger partial charge is 0.444 e. The number of aliphatic imine (C=N–C) groups is 1. The van der Waals surface area contributed by atoms with Crippen molar-refractivity contribution in [1.82, 2.24) is 20.0 Å². The summed E-state index contributed by atoms with van der Waals surface area (Å²) in [4.78, 5) is 35.3. The number of carbonyl (C=O) groups is 2. The number of ether oxygens (including phenoxy) is 2. The van der Waals surface area contributed by atoms with Crippen LogP contribution in [0.15, 0.2) is 4.99 Å². The van der Waals surface area contributed by atoms with Crippen molar-refractivity contribution in [3.63, 3.8) is 0 Å². The van der Waals surface area contributed by atoms with E-state index in [9.17, 15) is 9.59 Å². The van der Waals surface area contributed by atoms with Crippen molar-refractivity contribution in [3.05, 3.63) is 0 Å². The van der Waals surface area contributed by atoms with Gasteiger partial charge in [-0.1, -0.05) is 0 Å². The van der Waals surface area contributed by atoms with Crippen molar-refractivity contribution in [2.45, 2.75) is 58.2 Å². The second-order valence-electron chi connectivity index (χ2n) is 9.68. The number of nitrogens with one attached hydrogen (secondary N) is 1. The second kappa shape index (κ2) is 10.5. The van der Waals surface area contributed by atoms with Crippen LogP contribution in [0.25, 0.3) is 0 Å². The number of piperidine rings is 1. The SMILES string of the molecule is CN=C(NCC1CCCN(C(=O)OC(C)(C)C)C1)N1CCN(C(=O)C2CCCO2)CC1. The molecule has 0 radical (unpaired) electrons. The van der Waals surface area contributed by atoms with E-state index in [0.29, 0.717) is 32.2 Å². The van der Waals surface area contributed by atoms with E-state index >= 15 is 0 Å².